The second-order valence-corrected chi connectivity index (χ2v) is 12.6. The van der Waals surface area contributed by atoms with Crippen molar-refractivity contribution in [2.45, 2.75) is 56.0 Å². The van der Waals surface area contributed by atoms with E-state index in [0.717, 1.165) is 18.1 Å². The number of halogens is 4. The van der Waals surface area contributed by atoms with Crippen molar-refractivity contribution in [3.05, 3.63) is 63.9 Å². The molecule has 0 spiro atoms. The molecule has 0 bridgehead atoms. The van der Waals surface area contributed by atoms with Gasteiger partial charge in [-0.1, -0.05) is 39.8 Å². The number of rotatable bonds is 5. The van der Waals surface area contributed by atoms with Crippen LogP contribution >= 0.6 is 27.7 Å². The largest absolute Gasteiger partial charge is 0.497 e. The summed E-state index contributed by atoms with van der Waals surface area (Å²) in [5.41, 5.74) is -2.41. The number of carbonyl (C=O) groups is 2. The molecule has 2 unspecified atom stereocenters. The quantitative estimate of drug-likeness (QED) is 0.351. The summed E-state index contributed by atoms with van der Waals surface area (Å²) in [5, 5.41) is -0.222. The van der Waals surface area contributed by atoms with Gasteiger partial charge < -0.3 is 14.2 Å². The van der Waals surface area contributed by atoms with Gasteiger partial charge in [0.15, 0.2) is 9.91 Å². The number of esters is 1. The Morgan fingerprint density at radius 2 is 1.77 bits per heavy atom. The third kappa shape index (κ3) is 5.01. The molecule has 4 rings (SSSR count). The molecule has 2 aromatic carbocycles. The third-order valence-corrected chi connectivity index (χ3v) is 8.61. The number of aliphatic imine (C=N–C) groups is 1. The fourth-order valence-corrected chi connectivity index (χ4v) is 6.78. The molecule has 1 fully saturated rings. The van der Waals surface area contributed by atoms with Crippen LogP contribution in [0.2, 0.25) is 0 Å². The van der Waals surface area contributed by atoms with Crippen LogP contribution in [0.15, 0.2) is 51.9 Å². The number of fused-ring (bicyclic) bond motifs is 1. The van der Waals surface area contributed by atoms with Gasteiger partial charge in [0.05, 0.1) is 32.2 Å². The minimum absolute atomic E-state index is 0.130. The van der Waals surface area contributed by atoms with E-state index < -0.39 is 45.6 Å². The van der Waals surface area contributed by atoms with Crippen molar-refractivity contribution in [2.75, 3.05) is 14.2 Å². The lowest BCUT2D eigenvalue weighted by Gasteiger charge is -2.36. The average Bonchev–Trinajstić information content (AvgIpc) is 3.39. The standard InChI is InChI=1S/C27H28BrF3N2O5S/c1-24(2,3)38-23(35)33(14-15-7-10-17(36-5)11-8-15)22-32-25(4,18-13-16(28)9-12-19(18)29)20-26(39-22,21(34)37-6)27(20,30)31/h7-13,20H,14H2,1-6H3/t20?,25-,26?/m1/s1. The van der Waals surface area contributed by atoms with E-state index in [9.17, 15) is 9.59 Å². The Labute approximate surface area is 237 Å². The first-order valence-electron chi connectivity index (χ1n) is 11.9. The highest BCUT2D eigenvalue weighted by Crippen LogP contribution is 2.75. The van der Waals surface area contributed by atoms with E-state index in [1.165, 1.54) is 26.2 Å². The monoisotopic (exact) mass is 628 g/mol. The summed E-state index contributed by atoms with van der Waals surface area (Å²) in [6.45, 7) is 6.19. The van der Waals surface area contributed by atoms with Crippen LogP contribution in [0.25, 0.3) is 0 Å². The van der Waals surface area contributed by atoms with Gasteiger partial charge in [-0.3, -0.25) is 14.7 Å². The van der Waals surface area contributed by atoms with Crippen LogP contribution in [0.5, 0.6) is 5.75 Å². The smallest absolute Gasteiger partial charge is 0.416 e. The third-order valence-electron chi connectivity index (χ3n) is 6.63. The normalized spacial score (nSPS) is 25.2. The molecule has 1 aliphatic carbocycles. The Bertz CT molecular complexity index is 1330. The van der Waals surface area contributed by atoms with E-state index in [4.69, 9.17) is 14.2 Å². The van der Waals surface area contributed by atoms with Gasteiger partial charge in [-0.15, -0.1) is 0 Å². The zero-order chi connectivity index (χ0) is 29.0. The Hall–Kier alpha value is -2.73. The summed E-state index contributed by atoms with van der Waals surface area (Å²) in [6.07, 6.45) is -0.871. The molecule has 1 heterocycles. The van der Waals surface area contributed by atoms with Crippen molar-refractivity contribution in [1.82, 2.24) is 4.90 Å². The highest BCUT2D eigenvalue weighted by Gasteiger charge is 2.92. The number of methoxy groups -OCH3 is 2. The molecule has 210 valence electrons. The van der Waals surface area contributed by atoms with Gasteiger partial charge >= 0.3 is 12.1 Å². The summed E-state index contributed by atoms with van der Waals surface area (Å²) < 4.78 is 60.3. The molecule has 0 aromatic heterocycles. The van der Waals surface area contributed by atoms with Gasteiger partial charge in [0.2, 0.25) is 0 Å². The molecule has 1 aliphatic heterocycles. The summed E-state index contributed by atoms with van der Waals surface area (Å²) in [6, 6.07) is 10.7. The van der Waals surface area contributed by atoms with Crippen LogP contribution in [0, 0.1) is 11.7 Å². The second kappa shape index (κ2) is 10.0. The average molecular weight is 629 g/mol. The molecule has 39 heavy (non-hydrogen) atoms. The topological polar surface area (TPSA) is 77.4 Å². The van der Waals surface area contributed by atoms with Gasteiger partial charge in [-0.05, 0) is 63.6 Å². The van der Waals surface area contributed by atoms with E-state index >= 15 is 13.2 Å². The van der Waals surface area contributed by atoms with E-state index in [0.29, 0.717) is 27.5 Å². The van der Waals surface area contributed by atoms with Gasteiger partial charge in [-0.25, -0.2) is 18.0 Å². The van der Waals surface area contributed by atoms with E-state index in [1.807, 2.05) is 0 Å². The van der Waals surface area contributed by atoms with Crippen molar-refractivity contribution >= 4 is 44.9 Å². The number of alkyl halides is 2. The minimum Gasteiger partial charge on any atom is -0.497 e. The predicted octanol–water partition coefficient (Wildman–Crippen LogP) is 6.53. The van der Waals surface area contributed by atoms with Crippen LogP contribution in [0.3, 0.4) is 0 Å². The molecule has 0 saturated heterocycles. The number of hydrogen-bond acceptors (Lipinski definition) is 7. The highest BCUT2D eigenvalue weighted by molar-refractivity contribution is 9.10. The Kier molecular flexibility index (Phi) is 7.52. The molecular weight excluding hydrogens is 601 g/mol. The number of thioether (sulfide) groups is 1. The molecular formula is C27H28BrF3N2O5S. The summed E-state index contributed by atoms with van der Waals surface area (Å²) >= 11 is 3.70. The lowest BCUT2D eigenvalue weighted by atomic mass is 9.85. The molecule has 0 radical (unpaired) electrons. The van der Waals surface area contributed by atoms with Gasteiger partial charge in [-0.2, -0.15) is 0 Å². The van der Waals surface area contributed by atoms with Gasteiger partial charge in [0.1, 0.15) is 17.2 Å². The zero-order valence-electron chi connectivity index (χ0n) is 22.2. The first-order valence-corrected chi connectivity index (χ1v) is 13.6. The van der Waals surface area contributed by atoms with E-state index in [-0.39, 0.29) is 17.3 Å². The SMILES string of the molecule is COC(=O)C12SC(N(Cc3ccc(OC)cc3)C(=O)OC(C)(C)C)=N[C@](C)(c3cc(Br)ccc3F)C1C2(F)F. The van der Waals surface area contributed by atoms with Crippen molar-refractivity contribution in [2.24, 2.45) is 10.9 Å². The number of benzene rings is 2. The molecule has 3 atom stereocenters. The van der Waals surface area contributed by atoms with Crippen molar-refractivity contribution < 1.29 is 37.0 Å². The predicted molar refractivity (Wildman–Crippen MR) is 144 cm³/mol. The zero-order valence-corrected chi connectivity index (χ0v) is 24.6. The molecule has 2 aliphatic rings. The first-order chi connectivity index (χ1) is 18.1. The number of nitrogens with zero attached hydrogens (tertiary/aromatic N) is 2. The fraction of sp³-hybridized carbons (Fsp3) is 0.444. The van der Waals surface area contributed by atoms with Crippen LogP contribution in [-0.4, -0.2) is 52.6 Å². The van der Waals surface area contributed by atoms with Crippen LogP contribution in [0.4, 0.5) is 18.0 Å². The highest BCUT2D eigenvalue weighted by atomic mass is 79.9. The fourth-order valence-electron chi connectivity index (χ4n) is 4.79. The molecule has 2 aromatic rings. The molecule has 1 amide bonds. The molecule has 1 saturated carbocycles. The first kappa shape index (κ1) is 29.3. The summed E-state index contributed by atoms with van der Waals surface area (Å²) in [7, 11) is 2.52. The van der Waals surface area contributed by atoms with Gasteiger partial charge in [0, 0.05) is 10.0 Å². The molecule has 0 N–H and O–H groups in total. The molecule has 7 nitrogen and oxygen atoms in total. The number of hydrogen-bond donors (Lipinski definition) is 0. The van der Waals surface area contributed by atoms with Crippen molar-refractivity contribution in [3.8, 4) is 5.75 Å². The molecule has 12 heteroatoms. The Morgan fingerprint density at radius 1 is 1.13 bits per heavy atom. The minimum atomic E-state index is -3.63. The number of carbonyl (C=O) groups excluding carboxylic acids is 2. The van der Waals surface area contributed by atoms with Crippen LogP contribution < -0.4 is 4.74 Å². The van der Waals surface area contributed by atoms with Crippen molar-refractivity contribution in [3.63, 3.8) is 0 Å². The second-order valence-electron chi connectivity index (χ2n) is 10.5. The lowest BCUT2D eigenvalue weighted by molar-refractivity contribution is -0.143. The van der Waals surface area contributed by atoms with E-state index in [2.05, 4.69) is 20.9 Å². The summed E-state index contributed by atoms with van der Waals surface area (Å²) in [4.78, 5) is 32.1. The van der Waals surface area contributed by atoms with Crippen LogP contribution in [0.1, 0.15) is 38.8 Å². The number of ether oxygens (including phenoxy) is 3. The Morgan fingerprint density at radius 3 is 2.33 bits per heavy atom. The van der Waals surface area contributed by atoms with Gasteiger partial charge in [0.25, 0.3) is 5.92 Å². The van der Waals surface area contributed by atoms with E-state index in [1.54, 1.807) is 45.0 Å². The van der Waals surface area contributed by atoms with Crippen LogP contribution in [-0.2, 0) is 26.4 Å². The van der Waals surface area contributed by atoms with Crippen molar-refractivity contribution in [1.29, 1.82) is 0 Å². The number of amides is 1. The maximum absolute atomic E-state index is 15.7. The summed E-state index contributed by atoms with van der Waals surface area (Å²) in [5.74, 6) is -6.75. The maximum atomic E-state index is 15.7. The number of amidine groups is 1. The Balaban J connectivity index is 1.90. The lowest BCUT2D eigenvalue weighted by Crippen LogP contribution is -2.46. The maximum Gasteiger partial charge on any atom is 0.416 e.